The van der Waals surface area contributed by atoms with E-state index in [-0.39, 0.29) is 43.4 Å². The molecule has 0 atom stereocenters. The van der Waals surface area contributed by atoms with Gasteiger partial charge in [-0.1, -0.05) is 5.16 Å². The van der Waals surface area contributed by atoms with Gasteiger partial charge >= 0.3 is 6.18 Å². The van der Waals surface area contributed by atoms with Crippen molar-refractivity contribution in [3.8, 4) is 17.1 Å². The molecule has 0 saturated carbocycles. The SMILES string of the molecule is COCCOc1ccc(C(F)(F)F)cc1NC(=O)CCc1nc(-c2ccncc2)no1. The molecule has 0 fully saturated rings. The monoisotopic (exact) mass is 436 g/mol. The highest BCUT2D eigenvalue weighted by Gasteiger charge is 2.31. The summed E-state index contributed by atoms with van der Waals surface area (Å²) in [5.74, 6) is 0.155. The van der Waals surface area contributed by atoms with E-state index in [0.717, 1.165) is 18.2 Å². The number of nitrogens with zero attached hydrogens (tertiary/aromatic N) is 3. The Balaban J connectivity index is 1.65. The maximum absolute atomic E-state index is 13.1. The summed E-state index contributed by atoms with van der Waals surface area (Å²) in [6, 6.07) is 6.29. The molecule has 3 rings (SSSR count). The van der Waals surface area contributed by atoms with E-state index in [1.807, 2.05) is 0 Å². The van der Waals surface area contributed by atoms with Crippen molar-refractivity contribution >= 4 is 11.6 Å². The summed E-state index contributed by atoms with van der Waals surface area (Å²) < 4.78 is 54.5. The Hall–Kier alpha value is -3.47. The lowest BCUT2D eigenvalue weighted by atomic mass is 10.1. The van der Waals surface area contributed by atoms with Gasteiger partial charge < -0.3 is 19.3 Å². The predicted molar refractivity (Wildman–Crippen MR) is 103 cm³/mol. The first-order valence-electron chi connectivity index (χ1n) is 9.22. The fraction of sp³-hybridized carbons (Fsp3) is 0.300. The fourth-order valence-corrected chi connectivity index (χ4v) is 2.57. The van der Waals surface area contributed by atoms with Gasteiger partial charge in [-0.15, -0.1) is 0 Å². The van der Waals surface area contributed by atoms with Crippen LogP contribution in [0.1, 0.15) is 17.9 Å². The summed E-state index contributed by atoms with van der Waals surface area (Å²) in [5, 5.41) is 6.30. The van der Waals surface area contributed by atoms with Crippen LogP contribution in [0.15, 0.2) is 47.2 Å². The molecule has 0 radical (unpaired) electrons. The number of carbonyl (C=O) groups excluding carboxylic acids is 1. The van der Waals surface area contributed by atoms with Crippen LogP contribution in [0.3, 0.4) is 0 Å². The van der Waals surface area contributed by atoms with Crippen LogP contribution < -0.4 is 10.1 Å². The van der Waals surface area contributed by atoms with Gasteiger partial charge in [0.15, 0.2) is 0 Å². The van der Waals surface area contributed by atoms with E-state index in [9.17, 15) is 18.0 Å². The highest BCUT2D eigenvalue weighted by atomic mass is 19.4. The van der Waals surface area contributed by atoms with Crippen LogP contribution >= 0.6 is 0 Å². The lowest BCUT2D eigenvalue weighted by Crippen LogP contribution is -2.15. The van der Waals surface area contributed by atoms with E-state index in [1.54, 1.807) is 24.5 Å². The molecule has 0 saturated heterocycles. The Labute approximate surface area is 175 Å². The van der Waals surface area contributed by atoms with Gasteiger partial charge in [-0.2, -0.15) is 18.2 Å². The van der Waals surface area contributed by atoms with E-state index in [1.165, 1.54) is 7.11 Å². The number of halogens is 3. The van der Waals surface area contributed by atoms with Crippen LogP contribution in [-0.2, 0) is 22.1 Å². The van der Waals surface area contributed by atoms with Gasteiger partial charge in [0.2, 0.25) is 17.6 Å². The number of rotatable bonds is 9. The molecular weight excluding hydrogens is 417 g/mol. The second-order valence-electron chi connectivity index (χ2n) is 6.35. The Morgan fingerprint density at radius 3 is 2.65 bits per heavy atom. The quantitative estimate of drug-likeness (QED) is 0.510. The van der Waals surface area contributed by atoms with Crippen molar-refractivity contribution in [1.29, 1.82) is 0 Å². The second kappa shape index (κ2) is 10.0. The first-order chi connectivity index (χ1) is 14.9. The molecule has 2 aromatic heterocycles. The van der Waals surface area contributed by atoms with Gasteiger partial charge in [0.05, 0.1) is 17.9 Å². The first kappa shape index (κ1) is 22.2. The predicted octanol–water partition coefficient (Wildman–Crippen LogP) is 3.75. The van der Waals surface area contributed by atoms with Crippen LogP contribution in [0, 0.1) is 0 Å². The molecule has 0 aliphatic heterocycles. The topological polar surface area (TPSA) is 99.4 Å². The number of anilines is 1. The van der Waals surface area contributed by atoms with Crippen molar-refractivity contribution < 1.29 is 32.0 Å². The largest absolute Gasteiger partial charge is 0.489 e. The van der Waals surface area contributed by atoms with E-state index in [2.05, 4.69) is 20.4 Å². The van der Waals surface area contributed by atoms with E-state index < -0.39 is 17.6 Å². The molecule has 164 valence electrons. The molecule has 11 heteroatoms. The molecule has 31 heavy (non-hydrogen) atoms. The Morgan fingerprint density at radius 1 is 1.16 bits per heavy atom. The normalized spacial score (nSPS) is 11.4. The van der Waals surface area contributed by atoms with Crippen molar-refractivity contribution in [3.63, 3.8) is 0 Å². The maximum atomic E-state index is 13.1. The zero-order valence-corrected chi connectivity index (χ0v) is 16.5. The highest BCUT2D eigenvalue weighted by Crippen LogP contribution is 2.35. The summed E-state index contributed by atoms with van der Waals surface area (Å²) in [7, 11) is 1.47. The maximum Gasteiger partial charge on any atom is 0.416 e. The van der Waals surface area contributed by atoms with E-state index in [4.69, 9.17) is 14.0 Å². The Bertz CT molecular complexity index is 1010. The number of hydrogen-bond donors (Lipinski definition) is 1. The average molecular weight is 436 g/mol. The van der Waals surface area contributed by atoms with Gasteiger partial charge in [0.1, 0.15) is 12.4 Å². The molecule has 0 aliphatic carbocycles. The molecule has 0 unspecified atom stereocenters. The third-order valence-corrected chi connectivity index (χ3v) is 4.10. The minimum Gasteiger partial charge on any atom is -0.489 e. The Kier molecular flexibility index (Phi) is 7.19. The summed E-state index contributed by atoms with van der Waals surface area (Å²) >= 11 is 0. The van der Waals surface area contributed by atoms with Crippen LogP contribution in [0.25, 0.3) is 11.4 Å². The number of aromatic nitrogens is 3. The van der Waals surface area contributed by atoms with E-state index in [0.29, 0.717) is 11.4 Å². The summed E-state index contributed by atoms with van der Waals surface area (Å²) in [4.78, 5) is 20.4. The van der Waals surface area contributed by atoms with Crippen molar-refractivity contribution in [1.82, 2.24) is 15.1 Å². The number of alkyl halides is 3. The first-order valence-corrected chi connectivity index (χ1v) is 9.22. The molecule has 0 aliphatic rings. The van der Waals surface area contributed by atoms with Gasteiger partial charge in [0, 0.05) is 37.9 Å². The molecule has 0 spiro atoms. The van der Waals surface area contributed by atoms with Gasteiger partial charge in [-0.05, 0) is 30.3 Å². The average Bonchev–Trinajstić information content (AvgIpc) is 3.22. The standard InChI is InChI=1S/C20H19F3N4O4/c1-29-10-11-30-16-3-2-14(20(21,22)23)12-15(16)25-17(28)4-5-18-26-19(27-31-18)13-6-8-24-9-7-13/h2-3,6-9,12H,4-5,10-11H2,1H3,(H,25,28). The van der Waals surface area contributed by atoms with E-state index >= 15 is 0 Å². The second-order valence-corrected chi connectivity index (χ2v) is 6.35. The van der Waals surface area contributed by atoms with Crippen molar-refractivity contribution in [3.05, 3.63) is 54.2 Å². The molecular formula is C20H19F3N4O4. The minimum absolute atomic E-state index is 0.0776. The molecule has 2 heterocycles. The third-order valence-electron chi connectivity index (χ3n) is 4.10. The van der Waals surface area contributed by atoms with Crippen molar-refractivity contribution in [2.75, 3.05) is 25.6 Å². The van der Waals surface area contributed by atoms with Crippen molar-refractivity contribution in [2.24, 2.45) is 0 Å². The molecule has 8 nitrogen and oxygen atoms in total. The molecule has 1 amide bonds. The summed E-state index contributed by atoms with van der Waals surface area (Å²) in [6.07, 6.45) is -1.35. The van der Waals surface area contributed by atoms with Crippen LogP contribution in [0.2, 0.25) is 0 Å². The number of carbonyl (C=O) groups is 1. The molecule has 0 bridgehead atoms. The van der Waals surface area contributed by atoms with Gasteiger partial charge in [-0.3, -0.25) is 9.78 Å². The lowest BCUT2D eigenvalue weighted by molar-refractivity contribution is -0.137. The third kappa shape index (κ3) is 6.25. The Morgan fingerprint density at radius 2 is 1.94 bits per heavy atom. The number of methoxy groups -OCH3 is 1. The smallest absolute Gasteiger partial charge is 0.416 e. The van der Waals surface area contributed by atoms with Gasteiger partial charge in [0.25, 0.3) is 0 Å². The van der Waals surface area contributed by atoms with Gasteiger partial charge in [-0.25, -0.2) is 0 Å². The number of benzene rings is 1. The zero-order chi connectivity index (χ0) is 22.3. The van der Waals surface area contributed by atoms with Crippen LogP contribution in [0.5, 0.6) is 5.75 Å². The minimum atomic E-state index is -4.56. The number of nitrogens with one attached hydrogen (secondary N) is 1. The summed E-state index contributed by atoms with van der Waals surface area (Å²) in [5.41, 5.74) is -0.281. The summed E-state index contributed by atoms with van der Waals surface area (Å²) in [6.45, 7) is 0.357. The number of pyridine rings is 1. The molecule has 1 N–H and O–H groups in total. The lowest BCUT2D eigenvalue weighted by Gasteiger charge is -2.15. The van der Waals surface area contributed by atoms with Crippen LogP contribution in [0.4, 0.5) is 18.9 Å². The highest BCUT2D eigenvalue weighted by molar-refractivity contribution is 5.92. The van der Waals surface area contributed by atoms with Crippen molar-refractivity contribution in [2.45, 2.75) is 19.0 Å². The number of ether oxygens (including phenoxy) is 2. The van der Waals surface area contributed by atoms with Crippen LogP contribution in [-0.4, -0.2) is 41.4 Å². The number of aryl methyl sites for hydroxylation is 1. The molecule has 1 aromatic carbocycles. The fourth-order valence-electron chi connectivity index (χ4n) is 2.57. The zero-order valence-electron chi connectivity index (χ0n) is 16.5. The number of hydrogen-bond acceptors (Lipinski definition) is 7. The molecule has 3 aromatic rings. The number of amides is 1.